The standard InChI is InChI=1S/C9H8ClN5O3/c1-18-8-4-6(15(16)17)2-3-7(8)14-9(5-10)11-12-13-14/h2-4H,5H2,1H3. The van der Waals surface area contributed by atoms with Gasteiger partial charge in [0.05, 0.1) is 24.0 Å². The van der Waals surface area contributed by atoms with Gasteiger partial charge in [-0.2, -0.15) is 4.68 Å². The Bertz CT molecular complexity index is 585. The lowest BCUT2D eigenvalue weighted by atomic mass is 10.2. The predicted octanol–water partition coefficient (Wildman–Crippen LogP) is 1.32. The molecule has 0 aliphatic rings. The van der Waals surface area contributed by atoms with Crippen molar-refractivity contribution in [3.8, 4) is 11.4 Å². The summed E-state index contributed by atoms with van der Waals surface area (Å²) in [6, 6.07) is 4.15. The van der Waals surface area contributed by atoms with Crippen molar-refractivity contribution in [2.24, 2.45) is 0 Å². The zero-order valence-electron chi connectivity index (χ0n) is 9.28. The number of hydrogen-bond acceptors (Lipinski definition) is 6. The Hall–Kier alpha value is -2.22. The number of hydrogen-bond donors (Lipinski definition) is 0. The minimum Gasteiger partial charge on any atom is -0.494 e. The molecule has 0 atom stereocenters. The first-order valence-electron chi connectivity index (χ1n) is 4.83. The third-order valence-corrected chi connectivity index (χ3v) is 2.49. The summed E-state index contributed by atoms with van der Waals surface area (Å²) in [5.74, 6) is 0.833. The molecule has 1 heterocycles. The zero-order chi connectivity index (χ0) is 13.1. The maximum atomic E-state index is 10.7. The number of alkyl halides is 1. The van der Waals surface area contributed by atoms with Gasteiger partial charge in [-0.1, -0.05) is 0 Å². The van der Waals surface area contributed by atoms with E-state index in [0.717, 1.165) is 0 Å². The molecule has 0 fully saturated rings. The highest BCUT2D eigenvalue weighted by molar-refractivity contribution is 6.16. The van der Waals surface area contributed by atoms with Crippen molar-refractivity contribution in [2.45, 2.75) is 5.88 Å². The zero-order valence-corrected chi connectivity index (χ0v) is 10.0. The first kappa shape index (κ1) is 12.2. The molecule has 8 nitrogen and oxygen atoms in total. The number of nitro groups is 1. The van der Waals surface area contributed by atoms with Crippen molar-refractivity contribution in [1.82, 2.24) is 20.2 Å². The molecule has 0 saturated heterocycles. The van der Waals surface area contributed by atoms with Crippen molar-refractivity contribution in [3.63, 3.8) is 0 Å². The van der Waals surface area contributed by atoms with E-state index >= 15 is 0 Å². The van der Waals surface area contributed by atoms with E-state index in [-0.39, 0.29) is 11.6 Å². The highest BCUT2D eigenvalue weighted by Gasteiger charge is 2.16. The van der Waals surface area contributed by atoms with E-state index in [0.29, 0.717) is 17.3 Å². The lowest BCUT2D eigenvalue weighted by Gasteiger charge is -2.08. The maximum absolute atomic E-state index is 10.7. The topological polar surface area (TPSA) is 96.0 Å². The van der Waals surface area contributed by atoms with Gasteiger partial charge in [0.1, 0.15) is 5.69 Å². The summed E-state index contributed by atoms with van der Waals surface area (Å²) in [4.78, 5) is 10.2. The van der Waals surface area contributed by atoms with Crippen molar-refractivity contribution < 1.29 is 9.66 Å². The predicted molar refractivity (Wildman–Crippen MR) is 61.9 cm³/mol. The molecule has 0 radical (unpaired) electrons. The van der Waals surface area contributed by atoms with E-state index < -0.39 is 4.92 Å². The third-order valence-electron chi connectivity index (χ3n) is 2.26. The van der Waals surface area contributed by atoms with Crippen LogP contribution in [0.3, 0.4) is 0 Å². The van der Waals surface area contributed by atoms with E-state index in [1.165, 1.54) is 30.0 Å². The van der Waals surface area contributed by atoms with Gasteiger partial charge in [0, 0.05) is 6.07 Å². The van der Waals surface area contributed by atoms with Gasteiger partial charge in [-0.15, -0.1) is 16.7 Å². The summed E-state index contributed by atoms with van der Waals surface area (Å²) >= 11 is 5.69. The lowest BCUT2D eigenvalue weighted by molar-refractivity contribution is -0.384. The number of ether oxygens (including phenoxy) is 1. The lowest BCUT2D eigenvalue weighted by Crippen LogP contribution is -2.04. The largest absolute Gasteiger partial charge is 0.494 e. The van der Waals surface area contributed by atoms with Crippen LogP contribution in [0.1, 0.15) is 5.82 Å². The smallest absolute Gasteiger partial charge is 0.273 e. The Balaban J connectivity index is 2.54. The van der Waals surface area contributed by atoms with Gasteiger partial charge >= 0.3 is 0 Å². The molecule has 0 amide bonds. The van der Waals surface area contributed by atoms with Crippen molar-refractivity contribution >= 4 is 17.3 Å². The van der Waals surface area contributed by atoms with E-state index in [1.54, 1.807) is 0 Å². The van der Waals surface area contributed by atoms with Crippen LogP contribution in [0.2, 0.25) is 0 Å². The summed E-state index contributed by atoms with van der Waals surface area (Å²) in [6.45, 7) is 0. The van der Waals surface area contributed by atoms with Crippen molar-refractivity contribution in [3.05, 3.63) is 34.1 Å². The molecule has 0 unspecified atom stereocenters. The number of rotatable bonds is 4. The van der Waals surface area contributed by atoms with Gasteiger partial charge in [0.25, 0.3) is 5.69 Å². The number of tetrazole rings is 1. The molecule has 9 heteroatoms. The average molecular weight is 270 g/mol. The molecule has 0 bridgehead atoms. The van der Waals surface area contributed by atoms with Gasteiger partial charge in [0.15, 0.2) is 11.6 Å². The molecule has 1 aromatic heterocycles. The number of halogens is 1. The molecule has 0 spiro atoms. The van der Waals surface area contributed by atoms with E-state index in [9.17, 15) is 10.1 Å². The highest BCUT2D eigenvalue weighted by atomic mass is 35.5. The van der Waals surface area contributed by atoms with Crippen LogP contribution < -0.4 is 4.74 Å². The summed E-state index contributed by atoms with van der Waals surface area (Å²) in [7, 11) is 1.41. The number of benzene rings is 1. The van der Waals surface area contributed by atoms with Crippen LogP contribution in [0.4, 0.5) is 5.69 Å². The Morgan fingerprint density at radius 2 is 2.33 bits per heavy atom. The van der Waals surface area contributed by atoms with Gasteiger partial charge in [-0.05, 0) is 16.5 Å². The van der Waals surface area contributed by atoms with Gasteiger partial charge in [-0.25, -0.2) is 0 Å². The Kier molecular flexibility index (Phi) is 3.38. The van der Waals surface area contributed by atoms with Crippen LogP contribution >= 0.6 is 11.6 Å². The molecular formula is C9H8ClN5O3. The average Bonchev–Trinajstić information content (AvgIpc) is 2.85. The maximum Gasteiger partial charge on any atom is 0.273 e. The number of aromatic nitrogens is 4. The van der Waals surface area contributed by atoms with E-state index in [2.05, 4.69) is 15.5 Å². The fraction of sp³-hybridized carbons (Fsp3) is 0.222. The SMILES string of the molecule is COc1cc([N+](=O)[O-])ccc1-n1nnnc1CCl. The van der Waals surface area contributed by atoms with Crippen LogP contribution in [0.5, 0.6) is 5.75 Å². The first-order valence-corrected chi connectivity index (χ1v) is 5.37. The minimum atomic E-state index is -0.506. The fourth-order valence-corrected chi connectivity index (χ4v) is 1.60. The molecule has 0 aliphatic carbocycles. The first-order chi connectivity index (χ1) is 8.67. The number of nitro benzene ring substituents is 1. The fourth-order valence-electron chi connectivity index (χ4n) is 1.43. The molecule has 18 heavy (non-hydrogen) atoms. The normalized spacial score (nSPS) is 10.3. The van der Waals surface area contributed by atoms with Gasteiger partial charge in [0.2, 0.25) is 0 Å². The number of methoxy groups -OCH3 is 1. The Labute approximate surface area is 106 Å². The summed E-state index contributed by atoms with van der Waals surface area (Å²) < 4.78 is 6.47. The van der Waals surface area contributed by atoms with Crippen LogP contribution in [-0.2, 0) is 5.88 Å². The van der Waals surface area contributed by atoms with Crippen LogP contribution in [0.15, 0.2) is 18.2 Å². The monoisotopic (exact) mass is 269 g/mol. The van der Waals surface area contributed by atoms with Crippen LogP contribution in [0.25, 0.3) is 5.69 Å². The molecule has 0 N–H and O–H groups in total. The Morgan fingerprint density at radius 1 is 1.56 bits per heavy atom. The second-order valence-electron chi connectivity index (χ2n) is 3.25. The quantitative estimate of drug-likeness (QED) is 0.472. The molecular weight excluding hydrogens is 262 g/mol. The summed E-state index contributed by atoms with van der Waals surface area (Å²) in [5.41, 5.74) is 0.417. The molecule has 2 rings (SSSR count). The number of non-ortho nitro benzene ring substituents is 1. The number of nitrogens with zero attached hydrogens (tertiary/aromatic N) is 5. The molecule has 0 saturated carbocycles. The van der Waals surface area contributed by atoms with E-state index in [1.807, 2.05) is 0 Å². The molecule has 1 aromatic carbocycles. The Morgan fingerprint density at radius 3 is 2.94 bits per heavy atom. The molecule has 0 aliphatic heterocycles. The minimum absolute atomic E-state index is 0.0731. The molecule has 2 aromatic rings. The summed E-state index contributed by atoms with van der Waals surface area (Å²) in [5, 5.41) is 21.6. The third kappa shape index (κ3) is 2.09. The second-order valence-corrected chi connectivity index (χ2v) is 3.52. The van der Waals surface area contributed by atoms with E-state index in [4.69, 9.17) is 16.3 Å². The summed E-state index contributed by atoms with van der Waals surface area (Å²) in [6.07, 6.45) is 0. The van der Waals surface area contributed by atoms with Crippen molar-refractivity contribution in [1.29, 1.82) is 0 Å². The van der Waals surface area contributed by atoms with Gasteiger partial charge in [-0.3, -0.25) is 10.1 Å². The van der Waals surface area contributed by atoms with Crippen LogP contribution in [0, 0.1) is 10.1 Å². The van der Waals surface area contributed by atoms with Crippen molar-refractivity contribution in [2.75, 3.05) is 7.11 Å². The molecule has 94 valence electrons. The second kappa shape index (κ2) is 4.96. The van der Waals surface area contributed by atoms with Gasteiger partial charge < -0.3 is 4.74 Å². The van der Waals surface area contributed by atoms with Crippen LogP contribution in [-0.4, -0.2) is 32.2 Å². The highest BCUT2D eigenvalue weighted by Crippen LogP contribution is 2.27.